The Morgan fingerprint density at radius 1 is 1.14 bits per heavy atom. The van der Waals surface area contributed by atoms with Gasteiger partial charge in [0.1, 0.15) is 0 Å². The molecule has 0 fully saturated rings. The summed E-state index contributed by atoms with van der Waals surface area (Å²) in [5.74, 6) is 0. The number of hydrogen-bond acceptors (Lipinski definition) is 2. The number of halogens is 1. The third kappa shape index (κ3) is 4.92. The van der Waals surface area contributed by atoms with Gasteiger partial charge in [-0.25, -0.2) is 0 Å². The van der Waals surface area contributed by atoms with Crippen LogP contribution in [0.1, 0.15) is 5.56 Å². The Morgan fingerprint density at radius 2 is 1.76 bits per heavy atom. The number of hydrogen-bond donors (Lipinski definition) is 1. The lowest BCUT2D eigenvalue weighted by Crippen LogP contribution is -2.30. The minimum atomic E-state index is 0.686. The molecule has 0 unspecified atom stereocenters. The van der Waals surface area contributed by atoms with Crippen LogP contribution in [0.25, 0.3) is 0 Å². The van der Waals surface area contributed by atoms with Crippen molar-refractivity contribution in [2.24, 2.45) is 0 Å². The lowest BCUT2D eigenvalue weighted by Gasteiger charge is -2.21. The molecule has 0 saturated carbocycles. The van der Waals surface area contributed by atoms with Crippen LogP contribution >= 0.6 is 35.6 Å². The first-order valence-electron chi connectivity index (χ1n) is 6.49. The summed E-state index contributed by atoms with van der Waals surface area (Å²) in [4.78, 5) is 3.28. The van der Waals surface area contributed by atoms with Crippen LogP contribution in [0.3, 0.4) is 0 Å². The molecule has 0 aliphatic rings. The Morgan fingerprint density at radius 3 is 2.33 bits per heavy atom. The highest BCUT2D eigenvalue weighted by molar-refractivity contribution is 7.98. The van der Waals surface area contributed by atoms with Gasteiger partial charge in [0.25, 0.3) is 0 Å². The molecule has 0 saturated heterocycles. The average Bonchev–Trinajstić information content (AvgIpc) is 2.50. The monoisotopic (exact) mass is 336 g/mol. The highest BCUT2D eigenvalue weighted by Gasteiger charge is 2.06. The standard InChI is InChI=1S/C16H17ClN2S2/c1-19(11-12-3-9-15(21-2)10-4-12)16(20)18-14-7-5-13(17)6-8-14/h3-10H,11H2,1-2H3,(H,18,20). The fourth-order valence-corrected chi connectivity index (χ4v) is 2.55. The molecular formula is C16H17ClN2S2. The van der Waals surface area contributed by atoms with Crippen LogP contribution in [0.5, 0.6) is 0 Å². The number of thioether (sulfide) groups is 1. The van der Waals surface area contributed by atoms with Crippen LogP contribution in [0, 0.1) is 0 Å². The molecule has 0 bridgehead atoms. The lowest BCUT2D eigenvalue weighted by molar-refractivity contribution is 0.508. The van der Waals surface area contributed by atoms with E-state index in [4.69, 9.17) is 23.8 Å². The van der Waals surface area contributed by atoms with Crippen molar-refractivity contribution in [2.45, 2.75) is 11.4 Å². The van der Waals surface area contributed by atoms with E-state index in [1.807, 2.05) is 36.2 Å². The van der Waals surface area contributed by atoms with Crippen molar-refractivity contribution in [3.05, 3.63) is 59.1 Å². The quantitative estimate of drug-likeness (QED) is 0.631. The van der Waals surface area contributed by atoms with E-state index < -0.39 is 0 Å². The van der Waals surface area contributed by atoms with Crippen LogP contribution in [-0.2, 0) is 6.54 Å². The van der Waals surface area contributed by atoms with E-state index in [1.165, 1.54) is 10.5 Å². The van der Waals surface area contributed by atoms with Crippen LogP contribution in [0.15, 0.2) is 53.4 Å². The Labute approximate surface area is 140 Å². The highest BCUT2D eigenvalue weighted by atomic mass is 35.5. The van der Waals surface area contributed by atoms with E-state index in [-0.39, 0.29) is 0 Å². The highest BCUT2D eigenvalue weighted by Crippen LogP contribution is 2.17. The van der Waals surface area contributed by atoms with Gasteiger partial charge < -0.3 is 10.2 Å². The summed E-state index contributed by atoms with van der Waals surface area (Å²) < 4.78 is 0. The first-order valence-corrected chi connectivity index (χ1v) is 8.50. The lowest BCUT2D eigenvalue weighted by atomic mass is 10.2. The summed E-state index contributed by atoms with van der Waals surface area (Å²) in [5, 5.41) is 4.61. The maximum absolute atomic E-state index is 5.87. The Balaban J connectivity index is 1.93. The second kappa shape index (κ2) is 7.69. The topological polar surface area (TPSA) is 15.3 Å². The maximum atomic E-state index is 5.87. The summed E-state index contributed by atoms with van der Waals surface area (Å²) in [7, 11) is 1.98. The van der Waals surface area contributed by atoms with Crippen LogP contribution in [0.4, 0.5) is 5.69 Å². The summed E-state index contributed by atoms with van der Waals surface area (Å²) in [6.07, 6.45) is 2.08. The molecule has 0 aliphatic heterocycles. The summed E-state index contributed by atoms with van der Waals surface area (Å²) >= 11 is 13.0. The van der Waals surface area contributed by atoms with E-state index in [9.17, 15) is 0 Å². The second-order valence-corrected chi connectivity index (χ2v) is 6.34. The van der Waals surface area contributed by atoms with Crippen LogP contribution in [-0.4, -0.2) is 23.3 Å². The number of benzene rings is 2. The molecule has 2 nitrogen and oxygen atoms in total. The molecule has 0 spiro atoms. The van der Waals surface area contributed by atoms with Gasteiger partial charge in [0.15, 0.2) is 5.11 Å². The van der Waals surface area contributed by atoms with E-state index in [1.54, 1.807) is 11.8 Å². The first-order chi connectivity index (χ1) is 10.1. The van der Waals surface area contributed by atoms with Crippen molar-refractivity contribution in [1.29, 1.82) is 0 Å². The molecule has 0 aliphatic carbocycles. The van der Waals surface area contributed by atoms with Crippen LogP contribution in [0.2, 0.25) is 5.02 Å². The third-order valence-corrected chi connectivity index (χ3v) is 4.43. The Hall–Kier alpha value is -1.23. The van der Waals surface area contributed by atoms with Crippen molar-refractivity contribution >= 4 is 46.4 Å². The second-order valence-electron chi connectivity index (χ2n) is 4.64. The molecule has 2 rings (SSSR count). The molecule has 1 N–H and O–H groups in total. The van der Waals surface area contributed by atoms with Gasteiger partial charge in [-0.15, -0.1) is 11.8 Å². The fraction of sp³-hybridized carbons (Fsp3) is 0.188. The minimum absolute atomic E-state index is 0.686. The first kappa shape index (κ1) is 16.1. The summed E-state index contributed by atoms with van der Waals surface area (Å²) in [6.45, 7) is 0.772. The van der Waals surface area contributed by atoms with E-state index in [0.29, 0.717) is 10.1 Å². The normalized spacial score (nSPS) is 10.2. The fourth-order valence-electron chi connectivity index (χ4n) is 1.83. The SMILES string of the molecule is CSc1ccc(CN(C)C(=S)Nc2ccc(Cl)cc2)cc1. The smallest absolute Gasteiger partial charge is 0.173 e. The predicted octanol–water partition coefficient (Wildman–Crippen LogP) is 4.89. The van der Waals surface area contributed by atoms with Crippen molar-refractivity contribution < 1.29 is 0 Å². The molecule has 0 aromatic heterocycles. The largest absolute Gasteiger partial charge is 0.348 e. The van der Waals surface area contributed by atoms with Crippen molar-refractivity contribution in [3.8, 4) is 0 Å². The molecule has 21 heavy (non-hydrogen) atoms. The summed E-state index contributed by atoms with van der Waals surface area (Å²) in [6, 6.07) is 16.0. The van der Waals surface area contributed by atoms with Gasteiger partial charge in [-0.1, -0.05) is 23.7 Å². The van der Waals surface area contributed by atoms with Gasteiger partial charge in [-0.3, -0.25) is 0 Å². The van der Waals surface area contributed by atoms with E-state index >= 15 is 0 Å². The van der Waals surface area contributed by atoms with Gasteiger partial charge in [0, 0.05) is 29.2 Å². The third-order valence-electron chi connectivity index (χ3n) is 3.02. The zero-order valence-electron chi connectivity index (χ0n) is 12.0. The zero-order valence-corrected chi connectivity index (χ0v) is 14.4. The van der Waals surface area contributed by atoms with Gasteiger partial charge in [-0.2, -0.15) is 0 Å². The molecule has 0 radical (unpaired) electrons. The average molecular weight is 337 g/mol. The molecule has 110 valence electrons. The number of anilines is 1. The molecule has 5 heteroatoms. The number of thiocarbonyl (C=S) groups is 1. The molecule has 2 aromatic rings. The molecule has 0 atom stereocenters. The van der Waals surface area contributed by atoms with Gasteiger partial charge >= 0.3 is 0 Å². The Kier molecular flexibility index (Phi) is 5.91. The number of nitrogens with zero attached hydrogens (tertiary/aromatic N) is 1. The number of nitrogens with one attached hydrogen (secondary N) is 1. The van der Waals surface area contributed by atoms with Crippen molar-refractivity contribution in [2.75, 3.05) is 18.6 Å². The zero-order chi connectivity index (χ0) is 15.2. The summed E-state index contributed by atoms with van der Waals surface area (Å²) in [5.41, 5.74) is 2.17. The maximum Gasteiger partial charge on any atom is 0.173 e. The van der Waals surface area contributed by atoms with Gasteiger partial charge in [-0.05, 0) is 60.4 Å². The molecule has 0 amide bonds. The minimum Gasteiger partial charge on any atom is -0.348 e. The van der Waals surface area contributed by atoms with E-state index in [2.05, 4.69) is 35.8 Å². The molecular weight excluding hydrogens is 320 g/mol. The van der Waals surface area contributed by atoms with Crippen molar-refractivity contribution in [3.63, 3.8) is 0 Å². The van der Waals surface area contributed by atoms with E-state index in [0.717, 1.165) is 12.2 Å². The van der Waals surface area contributed by atoms with Crippen molar-refractivity contribution in [1.82, 2.24) is 4.90 Å². The molecule has 2 aromatic carbocycles. The predicted molar refractivity (Wildman–Crippen MR) is 97.4 cm³/mol. The Bertz CT molecular complexity index is 597. The molecule has 0 heterocycles. The number of rotatable bonds is 4. The van der Waals surface area contributed by atoms with Crippen LogP contribution < -0.4 is 5.32 Å². The van der Waals surface area contributed by atoms with Gasteiger partial charge in [0.05, 0.1) is 0 Å². The van der Waals surface area contributed by atoms with Gasteiger partial charge in [0.2, 0.25) is 0 Å².